The van der Waals surface area contributed by atoms with Gasteiger partial charge in [-0.25, -0.2) is 22.2 Å². The van der Waals surface area contributed by atoms with E-state index in [1.807, 2.05) is 0 Å². The Kier molecular flexibility index (Phi) is 11.1. The molecule has 3 N–H and O–H groups in total. The molecule has 11 nitrogen and oxygen atoms in total. The molecule has 2 aliphatic heterocycles. The maximum Gasteiger partial charge on any atom is 0.276 e. The maximum atomic E-state index is 15.8. The molecule has 0 bridgehead atoms. The average molecular weight is 683 g/mol. The lowest BCUT2D eigenvalue weighted by molar-refractivity contribution is -0.129. The van der Waals surface area contributed by atoms with E-state index < -0.39 is 21.9 Å². The summed E-state index contributed by atoms with van der Waals surface area (Å²) in [6.45, 7) is 2.90. The molecule has 1 aromatic heterocycles. The van der Waals surface area contributed by atoms with Crippen LogP contribution in [0.1, 0.15) is 44.1 Å². The van der Waals surface area contributed by atoms with Crippen molar-refractivity contribution in [3.63, 3.8) is 0 Å². The Morgan fingerprint density at radius 2 is 1.74 bits per heavy atom. The Labute approximate surface area is 273 Å². The van der Waals surface area contributed by atoms with E-state index in [2.05, 4.69) is 10.3 Å². The number of ether oxygens (including phenoxy) is 1. The number of hydrogen-bond donors (Lipinski definition) is 2. The summed E-state index contributed by atoms with van der Waals surface area (Å²) in [5.74, 6) is -4.31. The normalized spacial score (nSPS) is 21.5. The molecule has 0 radical (unpaired) electrons. The number of halogens is 3. The van der Waals surface area contributed by atoms with Crippen LogP contribution >= 0.6 is 11.6 Å². The number of anilines is 2. The van der Waals surface area contributed by atoms with Gasteiger partial charge >= 0.3 is 0 Å². The van der Waals surface area contributed by atoms with Crippen molar-refractivity contribution in [3.05, 3.63) is 47.1 Å². The fourth-order valence-electron chi connectivity index (χ4n) is 6.39. The van der Waals surface area contributed by atoms with Crippen LogP contribution < -0.4 is 20.9 Å². The second-order valence-electron chi connectivity index (χ2n) is 11.9. The van der Waals surface area contributed by atoms with Crippen molar-refractivity contribution in [2.45, 2.75) is 49.3 Å². The fourth-order valence-corrected chi connectivity index (χ4v) is 8.02. The maximum absolute atomic E-state index is 15.8. The van der Waals surface area contributed by atoms with Crippen LogP contribution in [0.4, 0.5) is 20.3 Å². The van der Waals surface area contributed by atoms with Gasteiger partial charge in [0.1, 0.15) is 11.0 Å². The van der Waals surface area contributed by atoms with Gasteiger partial charge in [-0.1, -0.05) is 11.6 Å². The number of pyridine rings is 1. The molecule has 1 aliphatic carbocycles. The third-order valence-corrected chi connectivity index (χ3v) is 11.1. The first-order valence-corrected chi connectivity index (χ1v) is 17.6. The summed E-state index contributed by atoms with van der Waals surface area (Å²) in [4.78, 5) is 32.4. The molecule has 2 aromatic rings. The zero-order chi connectivity index (χ0) is 32.9. The minimum absolute atomic E-state index is 0.0239. The number of hydrogen-bond acceptors (Lipinski definition) is 8. The second kappa shape index (κ2) is 14.9. The fraction of sp³-hybridized carbons (Fsp3) is 0.581. The molecule has 3 aliphatic rings. The van der Waals surface area contributed by atoms with E-state index in [9.17, 15) is 18.0 Å². The summed E-state index contributed by atoms with van der Waals surface area (Å²) in [7, 11) is -3.80. The van der Waals surface area contributed by atoms with Gasteiger partial charge in [0.05, 0.1) is 18.1 Å². The van der Waals surface area contributed by atoms with Crippen molar-refractivity contribution < 1.29 is 31.5 Å². The summed E-state index contributed by atoms with van der Waals surface area (Å²) in [6.07, 6.45) is 2.36. The van der Waals surface area contributed by atoms with Gasteiger partial charge in [0, 0.05) is 75.3 Å². The topological polar surface area (TPSA) is 138 Å². The second-order valence-corrected chi connectivity index (χ2v) is 14.3. The van der Waals surface area contributed by atoms with Crippen molar-refractivity contribution >= 4 is 44.9 Å². The smallest absolute Gasteiger partial charge is 0.276 e. The first-order chi connectivity index (χ1) is 22.0. The first kappa shape index (κ1) is 34.4. The van der Waals surface area contributed by atoms with E-state index in [1.54, 1.807) is 21.9 Å². The molecule has 1 aromatic carbocycles. The molecular weight excluding hydrogens is 642 g/mol. The Morgan fingerprint density at radius 3 is 2.37 bits per heavy atom. The van der Waals surface area contributed by atoms with Gasteiger partial charge in [0.2, 0.25) is 21.8 Å². The molecule has 2 amide bonds. The lowest BCUT2D eigenvalue weighted by atomic mass is 9.77. The van der Waals surface area contributed by atoms with Crippen molar-refractivity contribution in [2.24, 2.45) is 17.6 Å². The number of alkyl halides is 2. The lowest BCUT2D eigenvalue weighted by Crippen LogP contribution is -2.49. The number of sulfonamides is 1. The van der Waals surface area contributed by atoms with Gasteiger partial charge in [0.25, 0.3) is 5.92 Å². The summed E-state index contributed by atoms with van der Waals surface area (Å²) in [5.41, 5.74) is 5.81. The van der Waals surface area contributed by atoms with Crippen LogP contribution in [0, 0.1) is 11.8 Å². The van der Waals surface area contributed by atoms with Gasteiger partial charge < -0.3 is 25.6 Å². The molecule has 3 fully saturated rings. The quantitative estimate of drug-likeness (QED) is 0.257. The molecule has 0 atom stereocenters. The van der Waals surface area contributed by atoms with Crippen LogP contribution in [-0.4, -0.2) is 88.5 Å². The number of aromatic nitrogens is 1. The third kappa shape index (κ3) is 7.79. The Bertz CT molecular complexity index is 1480. The molecule has 0 spiro atoms. The monoisotopic (exact) mass is 682 g/mol. The van der Waals surface area contributed by atoms with Crippen molar-refractivity contribution in [2.75, 3.05) is 68.8 Å². The Morgan fingerprint density at radius 1 is 1.04 bits per heavy atom. The lowest BCUT2D eigenvalue weighted by Gasteiger charge is -2.36. The van der Waals surface area contributed by atoms with Crippen LogP contribution in [0.15, 0.2) is 41.3 Å². The Hall–Kier alpha value is -2.91. The summed E-state index contributed by atoms with van der Waals surface area (Å²) in [5, 5.41) is 2.74. The molecule has 1 saturated carbocycles. The number of nitrogens with two attached hydrogens (primary N) is 1. The zero-order valence-electron chi connectivity index (χ0n) is 25.7. The molecule has 15 heteroatoms. The van der Waals surface area contributed by atoms with Crippen LogP contribution in [0.5, 0.6) is 0 Å². The molecule has 2 saturated heterocycles. The number of piperazine rings is 1. The van der Waals surface area contributed by atoms with E-state index >= 15 is 8.78 Å². The number of rotatable bonds is 12. The summed E-state index contributed by atoms with van der Waals surface area (Å²) < 4.78 is 65.0. The van der Waals surface area contributed by atoms with Crippen molar-refractivity contribution in [3.8, 4) is 0 Å². The van der Waals surface area contributed by atoms with E-state index in [0.717, 1.165) is 6.42 Å². The molecule has 0 unspecified atom stereocenters. The van der Waals surface area contributed by atoms with Crippen LogP contribution in [-0.2, 0) is 30.3 Å². The number of carbonyl (C=O) groups is 2. The largest absolute Gasteiger partial charge is 0.378 e. The van der Waals surface area contributed by atoms with E-state index in [4.69, 9.17) is 22.1 Å². The minimum Gasteiger partial charge on any atom is -0.378 e. The van der Waals surface area contributed by atoms with Crippen molar-refractivity contribution in [1.29, 1.82) is 0 Å². The van der Waals surface area contributed by atoms with Gasteiger partial charge in [-0.3, -0.25) is 9.59 Å². The molecule has 3 heterocycles. The average Bonchev–Trinajstić information content (AvgIpc) is 3.50. The number of benzene rings is 1. The van der Waals surface area contributed by atoms with Crippen molar-refractivity contribution in [1.82, 2.24) is 14.6 Å². The third-order valence-electron chi connectivity index (χ3n) is 9.01. The van der Waals surface area contributed by atoms with Gasteiger partial charge in [-0.05, 0) is 68.5 Å². The molecule has 252 valence electrons. The zero-order valence-corrected chi connectivity index (χ0v) is 27.2. The van der Waals surface area contributed by atoms with Crippen LogP contribution in [0.3, 0.4) is 0 Å². The molecule has 5 rings (SSSR count). The van der Waals surface area contributed by atoms with E-state index in [-0.39, 0.29) is 78.2 Å². The summed E-state index contributed by atoms with van der Waals surface area (Å²) in [6, 6.07) is 8.84. The standard InChI is InChI=1S/C31H41ClF2N6O5S/c32-27-20-24(31(33,34)23-5-3-22(4-6-23)30(42)36-12-19-45-18-11-35)21-28(37-27)38-14-16-39(17-15-38)46(43,44)26-9-7-25(8-10-26)40-13-1-2-29(40)41/h7-10,20-23H,1-6,11-19,35H2,(H,36,42). The predicted molar refractivity (Wildman–Crippen MR) is 170 cm³/mol. The van der Waals surface area contributed by atoms with Gasteiger partial charge in [0.15, 0.2) is 0 Å². The van der Waals surface area contributed by atoms with Gasteiger partial charge in [-0.15, -0.1) is 0 Å². The highest BCUT2D eigenvalue weighted by Gasteiger charge is 2.44. The Balaban J connectivity index is 1.17. The van der Waals surface area contributed by atoms with Crippen LogP contribution in [0.2, 0.25) is 5.15 Å². The minimum atomic E-state index is -3.80. The molecular formula is C31H41ClF2N6O5S. The van der Waals surface area contributed by atoms with E-state index in [0.29, 0.717) is 57.8 Å². The predicted octanol–water partition coefficient (Wildman–Crippen LogP) is 3.36. The number of nitrogens with one attached hydrogen (secondary N) is 1. The van der Waals surface area contributed by atoms with E-state index in [1.165, 1.54) is 28.6 Å². The van der Waals surface area contributed by atoms with Crippen LogP contribution in [0.25, 0.3) is 0 Å². The number of amides is 2. The number of nitrogens with zero attached hydrogens (tertiary/aromatic N) is 4. The highest BCUT2D eigenvalue weighted by Crippen LogP contribution is 2.46. The SMILES string of the molecule is NCCOCCNC(=O)C1CCC(C(F)(F)c2cc(Cl)nc(N3CCN(S(=O)(=O)c4ccc(N5CCCC5=O)cc4)CC3)c2)CC1. The summed E-state index contributed by atoms with van der Waals surface area (Å²) >= 11 is 6.24. The van der Waals surface area contributed by atoms with Gasteiger partial charge in [-0.2, -0.15) is 4.31 Å². The highest BCUT2D eigenvalue weighted by molar-refractivity contribution is 7.89. The number of carbonyl (C=O) groups excluding carboxylic acids is 2. The first-order valence-electron chi connectivity index (χ1n) is 15.8. The molecule has 46 heavy (non-hydrogen) atoms. The highest BCUT2D eigenvalue weighted by atomic mass is 35.5.